The fourth-order valence-electron chi connectivity index (χ4n) is 4.10. The highest BCUT2D eigenvalue weighted by atomic mass is 16.5. The van der Waals surface area contributed by atoms with E-state index in [1.54, 1.807) is 17.4 Å². The maximum atomic E-state index is 13.0. The van der Waals surface area contributed by atoms with Gasteiger partial charge in [-0.15, -0.1) is 0 Å². The molecule has 1 saturated heterocycles. The van der Waals surface area contributed by atoms with Crippen LogP contribution in [0, 0.1) is 0 Å². The van der Waals surface area contributed by atoms with Crippen molar-refractivity contribution in [2.24, 2.45) is 10.7 Å². The number of nitrogens with one attached hydrogen (secondary N) is 1. The van der Waals surface area contributed by atoms with Crippen molar-refractivity contribution in [3.05, 3.63) is 103 Å². The highest BCUT2D eigenvalue weighted by molar-refractivity contribution is 6.16. The van der Waals surface area contributed by atoms with Gasteiger partial charge in [0.05, 0.1) is 25.3 Å². The number of carbonyl (C=O) groups is 1. The van der Waals surface area contributed by atoms with Crippen molar-refractivity contribution in [1.29, 1.82) is 0 Å². The van der Waals surface area contributed by atoms with Gasteiger partial charge in [-0.25, -0.2) is 9.98 Å². The molecular formula is C27H30N6O2. The van der Waals surface area contributed by atoms with E-state index in [0.29, 0.717) is 30.4 Å². The Hall–Kier alpha value is -4.33. The molecule has 1 aliphatic heterocycles. The molecule has 8 heteroatoms. The summed E-state index contributed by atoms with van der Waals surface area (Å²) in [6.45, 7) is 7.34. The van der Waals surface area contributed by atoms with Crippen molar-refractivity contribution in [1.82, 2.24) is 14.5 Å². The summed E-state index contributed by atoms with van der Waals surface area (Å²) in [5.74, 6) is 1.62. The van der Waals surface area contributed by atoms with Gasteiger partial charge < -0.3 is 20.4 Å². The van der Waals surface area contributed by atoms with E-state index in [9.17, 15) is 4.79 Å². The lowest BCUT2D eigenvalue weighted by Gasteiger charge is -2.28. The lowest BCUT2D eigenvalue weighted by atomic mass is 10.0. The number of hydrogen-bond donors (Lipinski definition) is 2. The number of likely N-dealkylation sites (tertiary alicyclic amines) is 1. The van der Waals surface area contributed by atoms with E-state index in [2.05, 4.69) is 23.8 Å². The Morgan fingerprint density at radius 3 is 2.83 bits per heavy atom. The summed E-state index contributed by atoms with van der Waals surface area (Å²) in [7, 11) is 0. The first kappa shape index (κ1) is 23.8. The first-order chi connectivity index (χ1) is 17.1. The number of benzene rings is 2. The van der Waals surface area contributed by atoms with Crippen LogP contribution < -0.4 is 15.8 Å². The molecule has 1 atom stereocenters. The lowest BCUT2D eigenvalue weighted by molar-refractivity contribution is -0.127. The fraction of sp³-hybridized carbons (Fsp3) is 0.222. The van der Waals surface area contributed by atoms with Gasteiger partial charge in [-0.05, 0) is 24.1 Å². The topological polar surface area (TPSA) is 97.8 Å². The zero-order valence-electron chi connectivity index (χ0n) is 19.8. The number of amidine groups is 1. The summed E-state index contributed by atoms with van der Waals surface area (Å²) in [6, 6.07) is 17.4. The van der Waals surface area contributed by atoms with Gasteiger partial charge in [0.1, 0.15) is 24.0 Å². The van der Waals surface area contributed by atoms with Gasteiger partial charge in [-0.3, -0.25) is 9.69 Å². The molecule has 2 heterocycles. The van der Waals surface area contributed by atoms with Crippen molar-refractivity contribution in [3.63, 3.8) is 0 Å². The normalized spacial score (nSPS) is 16.6. The van der Waals surface area contributed by atoms with Crippen LogP contribution >= 0.6 is 0 Å². The van der Waals surface area contributed by atoms with Gasteiger partial charge in [0.15, 0.2) is 0 Å². The molecule has 35 heavy (non-hydrogen) atoms. The van der Waals surface area contributed by atoms with Crippen molar-refractivity contribution in [2.45, 2.75) is 32.4 Å². The molecule has 4 rings (SSSR count). The Morgan fingerprint density at radius 1 is 1.29 bits per heavy atom. The molecule has 1 fully saturated rings. The minimum Gasteiger partial charge on any atom is -0.492 e. The zero-order chi connectivity index (χ0) is 24.6. The highest BCUT2D eigenvalue weighted by Gasteiger charge is 2.37. The summed E-state index contributed by atoms with van der Waals surface area (Å²) in [4.78, 5) is 23.4. The molecule has 0 bridgehead atoms. The van der Waals surface area contributed by atoms with Crippen LogP contribution in [0.2, 0.25) is 0 Å². The smallest absolute Gasteiger partial charge is 0.233 e. The minimum absolute atomic E-state index is 0.0303. The molecule has 0 radical (unpaired) electrons. The van der Waals surface area contributed by atoms with Crippen LogP contribution in [0.15, 0.2) is 102 Å². The molecule has 1 aromatic heterocycles. The fourth-order valence-corrected chi connectivity index (χ4v) is 4.10. The highest BCUT2D eigenvalue weighted by Crippen LogP contribution is 2.33. The molecule has 1 amide bonds. The Kier molecular flexibility index (Phi) is 7.62. The summed E-state index contributed by atoms with van der Waals surface area (Å²) in [5.41, 5.74) is 8.38. The molecule has 1 unspecified atom stereocenters. The zero-order valence-corrected chi connectivity index (χ0v) is 19.8. The van der Waals surface area contributed by atoms with E-state index in [1.165, 1.54) is 6.20 Å². The third-order valence-corrected chi connectivity index (χ3v) is 5.75. The number of carbonyl (C=O) groups excluding carboxylic acids is 1. The van der Waals surface area contributed by atoms with Crippen LogP contribution in [0.25, 0.3) is 0 Å². The molecule has 1 aliphatic rings. The quantitative estimate of drug-likeness (QED) is 0.456. The van der Waals surface area contributed by atoms with Crippen LogP contribution in [0.3, 0.4) is 0 Å². The molecule has 0 aliphatic carbocycles. The second kappa shape index (κ2) is 11.2. The predicted molar refractivity (Wildman–Crippen MR) is 138 cm³/mol. The molecular weight excluding hydrogens is 440 g/mol. The van der Waals surface area contributed by atoms with E-state index in [-0.39, 0.29) is 18.4 Å². The summed E-state index contributed by atoms with van der Waals surface area (Å²) >= 11 is 0. The van der Waals surface area contributed by atoms with Crippen molar-refractivity contribution in [3.8, 4) is 5.75 Å². The Morgan fingerprint density at radius 2 is 2.11 bits per heavy atom. The van der Waals surface area contributed by atoms with Crippen LogP contribution in [0.4, 0.5) is 5.69 Å². The third-order valence-electron chi connectivity index (χ3n) is 5.75. The monoisotopic (exact) mass is 470 g/mol. The second-order valence-electron chi connectivity index (χ2n) is 8.15. The Balaban J connectivity index is 1.49. The summed E-state index contributed by atoms with van der Waals surface area (Å²) in [6.07, 6.45) is 7.80. The van der Waals surface area contributed by atoms with Crippen molar-refractivity contribution in [2.75, 3.05) is 11.9 Å². The number of nitrogens with two attached hydrogens (primary N) is 1. The maximum absolute atomic E-state index is 13.0. The molecule has 0 spiro atoms. The lowest BCUT2D eigenvalue weighted by Crippen LogP contribution is -2.34. The first-order valence-corrected chi connectivity index (χ1v) is 11.6. The number of hydrogen-bond acceptors (Lipinski definition) is 6. The van der Waals surface area contributed by atoms with Gasteiger partial charge in [0, 0.05) is 35.9 Å². The number of aromatic nitrogens is 2. The number of aliphatic imine (C=N–C) groups is 1. The summed E-state index contributed by atoms with van der Waals surface area (Å²) < 4.78 is 7.82. The number of imidazole rings is 1. The van der Waals surface area contributed by atoms with Crippen LogP contribution in [-0.2, 0) is 11.3 Å². The Bertz CT molecular complexity index is 1220. The molecule has 180 valence electrons. The van der Waals surface area contributed by atoms with Crippen molar-refractivity contribution >= 4 is 17.4 Å². The Labute approximate surface area is 205 Å². The van der Waals surface area contributed by atoms with Gasteiger partial charge in [-0.1, -0.05) is 49.9 Å². The number of anilines is 1. The molecule has 2 aromatic carbocycles. The maximum Gasteiger partial charge on any atom is 0.233 e. The van der Waals surface area contributed by atoms with E-state index in [1.807, 2.05) is 65.4 Å². The van der Waals surface area contributed by atoms with Crippen molar-refractivity contribution < 1.29 is 9.53 Å². The van der Waals surface area contributed by atoms with E-state index in [4.69, 9.17) is 15.5 Å². The van der Waals surface area contributed by atoms with E-state index < -0.39 is 0 Å². The average Bonchev–Trinajstić information content (AvgIpc) is 3.49. The largest absolute Gasteiger partial charge is 0.492 e. The number of ether oxygens (including phenoxy) is 1. The first-order valence-electron chi connectivity index (χ1n) is 11.6. The van der Waals surface area contributed by atoms with Gasteiger partial charge in [-0.2, -0.15) is 0 Å². The average molecular weight is 471 g/mol. The van der Waals surface area contributed by atoms with Crippen LogP contribution in [0.1, 0.15) is 31.4 Å². The molecule has 3 N–H and O–H groups in total. The predicted octanol–water partition coefficient (Wildman–Crippen LogP) is 4.47. The molecule has 3 aromatic rings. The summed E-state index contributed by atoms with van der Waals surface area (Å²) in [5, 5.41) is 3.21. The number of rotatable bonds is 10. The van der Waals surface area contributed by atoms with Crippen LogP contribution in [-0.4, -0.2) is 32.8 Å². The second-order valence-corrected chi connectivity index (χ2v) is 8.15. The third kappa shape index (κ3) is 5.78. The van der Waals surface area contributed by atoms with E-state index in [0.717, 1.165) is 23.4 Å². The standard InChI is InChI=1S/C27H30N6O2/c1-3-25(21-8-5-4-6-9-21)33-26(34)16-22(18-28)27(33)31-20(2)30-23-10-7-11-24(17-23)35-15-14-32-13-12-29-19-32/h4-13,17-19,25,30H,2-3,14-16,28H2,1H3/b22-18-,31-27+. The van der Waals surface area contributed by atoms with Gasteiger partial charge in [0.25, 0.3) is 0 Å². The number of nitrogens with zero attached hydrogens (tertiary/aromatic N) is 4. The SMILES string of the molecule is C=C(/N=C1\C(=C/N)CC(=O)N1C(CC)c1ccccc1)Nc1cccc(OCCn2ccnc2)c1. The van der Waals surface area contributed by atoms with Gasteiger partial charge >= 0.3 is 0 Å². The number of amides is 1. The van der Waals surface area contributed by atoms with Gasteiger partial charge in [0.2, 0.25) is 5.91 Å². The van der Waals surface area contributed by atoms with E-state index >= 15 is 0 Å². The molecule has 0 saturated carbocycles. The van der Waals surface area contributed by atoms with Crippen LogP contribution in [0.5, 0.6) is 5.75 Å². The minimum atomic E-state index is -0.139. The molecule has 8 nitrogen and oxygen atoms in total.